The van der Waals surface area contributed by atoms with Crippen LogP contribution in [-0.2, 0) is 6.54 Å². The van der Waals surface area contributed by atoms with Crippen molar-refractivity contribution in [3.8, 4) is 0 Å². The van der Waals surface area contributed by atoms with E-state index in [1.54, 1.807) is 16.7 Å². The SMILES string of the molecule is Cc1ccn2c(=O)cc(CN3CCNC(C)C3)nc2c1. The number of piperazine rings is 1. The Bertz CT molecular complexity index is 679. The van der Waals surface area contributed by atoms with Crippen LogP contribution in [0.2, 0.25) is 0 Å². The first-order valence-electron chi connectivity index (χ1n) is 7.06. The average molecular weight is 272 g/mol. The van der Waals surface area contributed by atoms with Crippen LogP contribution in [0.4, 0.5) is 0 Å². The number of pyridine rings is 1. The third kappa shape index (κ3) is 2.73. The van der Waals surface area contributed by atoms with E-state index in [0.717, 1.165) is 43.1 Å². The van der Waals surface area contributed by atoms with Gasteiger partial charge in [0.2, 0.25) is 0 Å². The Morgan fingerprint density at radius 3 is 3.10 bits per heavy atom. The highest BCUT2D eigenvalue weighted by Gasteiger charge is 2.16. The van der Waals surface area contributed by atoms with E-state index < -0.39 is 0 Å². The predicted molar refractivity (Wildman–Crippen MR) is 78.9 cm³/mol. The minimum Gasteiger partial charge on any atom is -0.312 e. The summed E-state index contributed by atoms with van der Waals surface area (Å²) in [6, 6.07) is 6.01. The summed E-state index contributed by atoms with van der Waals surface area (Å²) in [5, 5.41) is 3.42. The predicted octanol–water partition coefficient (Wildman–Crippen LogP) is 0.797. The van der Waals surface area contributed by atoms with Crippen LogP contribution in [0.5, 0.6) is 0 Å². The summed E-state index contributed by atoms with van der Waals surface area (Å²) in [5.41, 5.74) is 2.70. The van der Waals surface area contributed by atoms with Gasteiger partial charge in [-0.25, -0.2) is 4.98 Å². The highest BCUT2D eigenvalue weighted by atomic mass is 16.1. The molecule has 3 heterocycles. The number of aromatic nitrogens is 2. The van der Waals surface area contributed by atoms with Gasteiger partial charge in [-0.2, -0.15) is 0 Å². The van der Waals surface area contributed by atoms with E-state index in [4.69, 9.17) is 0 Å². The molecule has 0 bridgehead atoms. The van der Waals surface area contributed by atoms with E-state index in [0.29, 0.717) is 6.04 Å². The van der Waals surface area contributed by atoms with Gasteiger partial charge in [-0.15, -0.1) is 0 Å². The number of nitrogens with one attached hydrogen (secondary N) is 1. The van der Waals surface area contributed by atoms with Gasteiger partial charge in [0.05, 0.1) is 5.69 Å². The van der Waals surface area contributed by atoms with Crippen molar-refractivity contribution in [3.05, 3.63) is 46.0 Å². The molecule has 0 radical (unpaired) electrons. The number of hydrogen-bond acceptors (Lipinski definition) is 4. The molecule has 5 heteroatoms. The van der Waals surface area contributed by atoms with Crippen molar-refractivity contribution >= 4 is 5.65 Å². The van der Waals surface area contributed by atoms with E-state index >= 15 is 0 Å². The first kappa shape index (κ1) is 13.3. The van der Waals surface area contributed by atoms with E-state index in [-0.39, 0.29) is 5.56 Å². The molecular weight excluding hydrogens is 252 g/mol. The fraction of sp³-hybridized carbons (Fsp3) is 0.467. The smallest absolute Gasteiger partial charge is 0.258 e. The van der Waals surface area contributed by atoms with Crippen LogP contribution in [0.15, 0.2) is 29.2 Å². The zero-order chi connectivity index (χ0) is 14.1. The highest BCUT2D eigenvalue weighted by Crippen LogP contribution is 2.07. The molecule has 1 atom stereocenters. The molecule has 2 aromatic heterocycles. The Balaban J connectivity index is 1.90. The van der Waals surface area contributed by atoms with Gasteiger partial charge in [-0.05, 0) is 31.5 Å². The van der Waals surface area contributed by atoms with Crippen LogP contribution in [0.3, 0.4) is 0 Å². The number of aryl methyl sites for hydroxylation is 1. The molecule has 20 heavy (non-hydrogen) atoms. The lowest BCUT2D eigenvalue weighted by atomic mass is 10.2. The quantitative estimate of drug-likeness (QED) is 0.878. The monoisotopic (exact) mass is 272 g/mol. The van der Waals surface area contributed by atoms with Crippen LogP contribution >= 0.6 is 0 Å². The molecule has 0 saturated carbocycles. The second kappa shape index (κ2) is 5.34. The molecule has 1 saturated heterocycles. The maximum Gasteiger partial charge on any atom is 0.258 e. The lowest BCUT2D eigenvalue weighted by Crippen LogP contribution is -2.48. The zero-order valence-electron chi connectivity index (χ0n) is 12.0. The van der Waals surface area contributed by atoms with E-state index in [1.165, 1.54) is 0 Å². The first-order valence-corrected chi connectivity index (χ1v) is 7.06. The molecule has 1 N–H and O–H groups in total. The van der Waals surface area contributed by atoms with E-state index in [1.807, 2.05) is 19.1 Å². The number of hydrogen-bond donors (Lipinski definition) is 1. The fourth-order valence-corrected chi connectivity index (χ4v) is 2.72. The summed E-state index contributed by atoms with van der Waals surface area (Å²) in [4.78, 5) is 19.1. The molecule has 0 spiro atoms. The summed E-state index contributed by atoms with van der Waals surface area (Å²) in [6.07, 6.45) is 1.79. The maximum atomic E-state index is 12.1. The molecule has 0 amide bonds. The molecule has 5 nitrogen and oxygen atoms in total. The average Bonchev–Trinajstić information content (AvgIpc) is 2.38. The third-order valence-corrected chi connectivity index (χ3v) is 3.71. The summed E-state index contributed by atoms with van der Waals surface area (Å²) < 4.78 is 1.59. The topological polar surface area (TPSA) is 49.6 Å². The minimum absolute atomic E-state index is 0.00631. The van der Waals surface area contributed by atoms with E-state index in [2.05, 4.69) is 22.1 Å². The van der Waals surface area contributed by atoms with Gasteiger partial charge in [0, 0.05) is 44.5 Å². The molecular formula is C15H20N4O. The maximum absolute atomic E-state index is 12.1. The highest BCUT2D eigenvalue weighted by molar-refractivity contribution is 5.41. The van der Waals surface area contributed by atoms with Crippen LogP contribution in [-0.4, -0.2) is 40.0 Å². The van der Waals surface area contributed by atoms with Crippen molar-refractivity contribution in [2.45, 2.75) is 26.4 Å². The molecule has 1 aliphatic heterocycles. The lowest BCUT2D eigenvalue weighted by Gasteiger charge is -2.31. The van der Waals surface area contributed by atoms with Gasteiger partial charge < -0.3 is 5.32 Å². The van der Waals surface area contributed by atoms with Crippen molar-refractivity contribution in [2.75, 3.05) is 19.6 Å². The summed E-state index contributed by atoms with van der Waals surface area (Å²) >= 11 is 0. The Labute approximate surface area is 118 Å². The molecule has 0 aromatic carbocycles. The molecule has 0 aliphatic carbocycles. The largest absolute Gasteiger partial charge is 0.312 e. The molecule has 106 valence electrons. The molecule has 1 unspecified atom stereocenters. The molecule has 2 aromatic rings. The normalized spacial score (nSPS) is 20.4. The zero-order valence-corrected chi connectivity index (χ0v) is 12.0. The van der Waals surface area contributed by atoms with Crippen molar-refractivity contribution in [1.82, 2.24) is 19.6 Å². The Morgan fingerprint density at radius 1 is 1.45 bits per heavy atom. The molecule has 1 aliphatic rings. The third-order valence-electron chi connectivity index (χ3n) is 3.71. The Kier molecular flexibility index (Phi) is 3.54. The van der Waals surface area contributed by atoms with Gasteiger partial charge in [-0.1, -0.05) is 0 Å². The summed E-state index contributed by atoms with van der Waals surface area (Å²) in [5.74, 6) is 0. The molecule has 1 fully saturated rings. The van der Waals surface area contributed by atoms with Crippen LogP contribution in [0.25, 0.3) is 5.65 Å². The standard InChI is InChI=1S/C15H20N4O/c1-11-3-5-19-14(7-11)17-13(8-15(19)20)10-18-6-4-16-12(2)9-18/h3,5,7-8,12,16H,4,6,9-10H2,1-2H3. The lowest BCUT2D eigenvalue weighted by molar-refractivity contribution is 0.197. The summed E-state index contributed by atoms with van der Waals surface area (Å²) in [6.45, 7) is 7.92. The van der Waals surface area contributed by atoms with Crippen molar-refractivity contribution in [3.63, 3.8) is 0 Å². The fourth-order valence-electron chi connectivity index (χ4n) is 2.72. The van der Waals surface area contributed by atoms with Gasteiger partial charge in [0.25, 0.3) is 5.56 Å². The summed E-state index contributed by atoms with van der Waals surface area (Å²) in [7, 11) is 0. The number of fused-ring (bicyclic) bond motifs is 1. The van der Waals surface area contributed by atoms with E-state index in [9.17, 15) is 4.79 Å². The van der Waals surface area contributed by atoms with Crippen LogP contribution < -0.4 is 10.9 Å². The number of rotatable bonds is 2. The van der Waals surface area contributed by atoms with Gasteiger partial charge >= 0.3 is 0 Å². The number of nitrogens with zero attached hydrogens (tertiary/aromatic N) is 3. The van der Waals surface area contributed by atoms with Gasteiger partial charge in [0.1, 0.15) is 5.65 Å². The second-order valence-corrected chi connectivity index (χ2v) is 5.61. The van der Waals surface area contributed by atoms with Crippen LogP contribution in [0.1, 0.15) is 18.2 Å². The van der Waals surface area contributed by atoms with Gasteiger partial charge in [0.15, 0.2) is 0 Å². The van der Waals surface area contributed by atoms with Gasteiger partial charge in [-0.3, -0.25) is 14.1 Å². The Morgan fingerprint density at radius 2 is 2.30 bits per heavy atom. The Hall–Kier alpha value is -1.72. The minimum atomic E-state index is -0.00631. The first-order chi connectivity index (χ1) is 9.61. The molecule has 3 rings (SSSR count). The second-order valence-electron chi connectivity index (χ2n) is 5.61. The van der Waals surface area contributed by atoms with Crippen molar-refractivity contribution in [1.29, 1.82) is 0 Å². The van der Waals surface area contributed by atoms with Crippen molar-refractivity contribution < 1.29 is 0 Å². The van der Waals surface area contributed by atoms with Crippen molar-refractivity contribution in [2.24, 2.45) is 0 Å². The van der Waals surface area contributed by atoms with Crippen LogP contribution in [0, 0.1) is 6.92 Å².